The number of nitrogens with zero attached hydrogens (tertiary/aromatic N) is 3. The molecule has 2 heterocycles. The van der Waals surface area contributed by atoms with Gasteiger partial charge in [-0.05, 0) is 31.2 Å². The Hall–Kier alpha value is -3.26. The normalized spacial score (nSPS) is 17.5. The molecule has 0 spiro atoms. The van der Waals surface area contributed by atoms with E-state index in [1.165, 1.54) is 19.1 Å². The van der Waals surface area contributed by atoms with Crippen LogP contribution in [-0.4, -0.2) is 75.3 Å². The Morgan fingerprint density at radius 1 is 0.774 bits per heavy atom. The zero-order valence-corrected chi connectivity index (χ0v) is 18.3. The Kier molecular flexibility index (Phi) is 5.73. The largest absolute Gasteiger partial charge is 0.495 e. The van der Waals surface area contributed by atoms with Crippen LogP contribution in [0.4, 0.5) is 5.69 Å². The van der Waals surface area contributed by atoms with Crippen LogP contribution in [0.2, 0.25) is 0 Å². The molecular formula is C23H27N3O5. The molecule has 0 N–H and O–H groups in total. The fourth-order valence-electron chi connectivity index (χ4n) is 4.31. The fourth-order valence-corrected chi connectivity index (χ4v) is 4.31. The molecule has 1 unspecified atom stereocenters. The summed E-state index contributed by atoms with van der Waals surface area (Å²) in [7, 11) is 4.68. The van der Waals surface area contributed by atoms with Gasteiger partial charge in [0.15, 0.2) is 11.5 Å². The molecule has 0 aromatic heterocycles. The maximum absolute atomic E-state index is 13.1. The first-order chi connectivity index (χ1) is 15.0. The van der Waals surface area contributed by atoms with Gasteiger partial charge in [-0.25, -0.2) is 0 Å². The summed E-state index contributed by atoms with van der Waals surface area (Å²) in [5.41, 5.74) is 1.75. The van der Waals surface area contributed by atoms with Gasteiger partial charge in [0, 0.05) is 26.2 Å². The number of fused-ring (bicyclic) bond motifs is 1. The Bertz CT molecular complexity index is 958. The van der Waals surface area contributed by atoms with E-state index < -0.39 is 0 Å². The summed E-state index contributed by atoms with van der Waals surface area (Å²) in [6.07, 6.45) is -0.357. The molecule has 8 heteroatoms. The predicted molar refractivity (Wildman–Crippen MR) is 116 cm³/mol. The van der Waals surface area contributed by atoms with Crippen molar-refractivity contribution in [1.82, 2.24) is 9.80 Å². The van der Waals surface area contributed by atoms with E-state index in [1.807, 2.05) is 31.2 Å². The van der Waals surface area contributed by atoms with Crippen molar-refractivity contribution >= 4 is 17.5 Å². The second kappa shape index (κ2) is 8.47. The van der Waals surface area contributed by atoms with Crippen LogP contribution in [-0.2, 0) is 0 Å². The van der Waals surface area contributed by atoms with E-state index in [0.717, 1.165) is 37.6 Å². The number of para-hydroxylation sites is 2. The lowest BCUT2D eigenvalue weighted by atomic mass is 10.1. The minimum absolute atomic E-state index is 0.305. The minimum atomic E-state index is -0.357. The highest BCUT2D eigenvalue weighted by Gasteiger charge is 2.42. The highest BCUT2D eigenvalue weighted by Crippen LogP contribution is 2.36. The van der Waals surface area contributed by atoms with Gasteiger partial charge in [0.05, 0.1) is 44.3 Å². The SMILES string of the molecule is COc1cc2c(cc1OC)C(=O)N(C(C)N1CCN(c3ccccc3OC)CC1)C2=O. The van der Waals surface area contributed by atoms with Crippen LogP contribution in [0.25, 0.3) is 0 Å². The van der Waals surface area contributed by atoms with Crippen molar-refractivity contribution < 1.29 is 23.8 Å². The molecule has 31 heavy (non-hydrogen) atoms. The first kappa shape index (κ1) is 21.0. The van der Waals surface area contributed by atoms with Gasteiger partial charge in [-0.2, -0.15) is 0 Å². The number of piperazine rings is 1. The molecule has 0 radical (unpaired) electrons. The number of ether oxygens (including phenoxy) is 3. The van der Waals surface area contributed by atoms with E-state index in [2.05, 4.69) is 9.80 Å². The molecule has 2 aromatic carbocycles. The molecule has 164 valence electrons. The average molecular weight is 425 g/mol. The number of methoxy groups -OCH3 is 3. The Balaban J connectivity index is 1.50. The minimum Gasteiger partial charge on any atom is -0.495 e. The van der Waals surface area contributed by atoms with E-state index in [1.54, 1.807) is 19.2 Å². The molecule has 0 saturated carbocycles. The quantitative estimate of drug-likeness (QED) is 0.659. The maximum Gasteiger partial charge on any atom is 0.263 e. The second-order valence-corrected chi connectivity index (χ2v) is 7.56. The van der Waals surface area contributed by atoms with Crippen molar-refractivity contribution in [2.75, 3.05) is 52.4 Å². The predicted octanol–water partition coefficient (Wildman–Crippen LogP) is 2.48. The standard InChI is InChI=1S/C23H27N3O5/c1-15(24-9-11-25(12-10-24)18-7-5-6-8-19(18)29-2)26-22(27)16-13-20(30-3)21(31-4)14-17(16)23(26)28/h5-8,13-15H,9-12H2,1-4H3. The molecule has 4 rings (SSSR count). The van der Waals surface area contributed by atoms with Crippen LogP contribution in [0.3, 0.4) is 0 Å². The van der Waals surface area contributed by atoms with Crippen LogP contribution >= 0.6 is 0 Å². The number of hydrogen-bond donors (Lipinski definition) is 0. The van der Waals surface area contributed by atoms with Crippen LogP contribution in [0.15, 0.2) is 36.4 Å². The van der Waals surface area contributed by atoms with Gasteiger partial charge in [0.1, 0.15) is 5.75 Å². The summed E-state index contributed by atoms with van der Waals surface area (Å²) in [5, 5.41) is 0. The maximum atomic E-state index is 13.1. The molecule has 2 aliphatic heterocycles. The van der Waals surface area contributed by atoms with Gasteiger partial charge < -0.3 is 19.1 Å². The Morgan fingerprint density at radius 2 is 1.29 bits per heavy atom. The van der Waals surface area contributed by atoms with Gasteiger partial charge >= 0.3 is 0 Å². The smallest absolute Gasteiger partial charge is 0.263 e. The van der Waals surface area contributed by atoms with Crippen molar-refractivity contribution in [1.29, 1.82) is 0 Å². The molecule has 1 fully saturated rings. The van der Waals surface area contributed by atoms with Gasteiger partial charge in [0.2, 0.25) is 0 Å². The topological polar surface area (TPSA) is 71.6 Å². The average Bonchev–Trinajstić information content (AvgIpc) is 3.06. The molecule has 0 aliphatic carbocycles. The molecule has 2 aromatic rings. The molecular weight excluding hydrogens is 398 g/mol. The van der Waals surface area contributed by atoms with Gasteiger partial charge in [-0.15, -0.1) is 0 Å². The van der Waals surface area contributed by atoms with Crippen molar-refractivity contribution in [2.45, 2.75) is 13.1 Å². The summed E-state index contributed by atoms with van der Waals surface area (Å²) in [6, 6.07) is 11.1. The van der Waals surface area contributed by atoms with E-state index in [-0.39, 0.29) is 18.0 Å². The Labute approximate surface area is 181 Å². The molecule has 8 nitrogen and oxygen atoms in total. The summed E-state index contributed by atoms with van der Waals surface area (Å²) < 4.78 is 16.1. The molecule has 1 saturated heterocycles. The summed E-state index contributed by atoms with van der Waals surface area (Å²) in [5.74, 6) is 1.10. The van der Waals surface area contributed by atoms with Crippen LogP contribution in [0.5, 0.6) is 17.2 Å². The lowest BCUT2D eigenvalue weighted by Gasteiger charge is -2.41. The van der Waals surface area contributed by atoms with E-state index in [9.17, 15) is 9.59 Å². The number of imide groups is 1. The van der Waals surface area contributed by atoms with Crippen LogP contribution in [0, 0.1) is 0 Å². The van der Waals surface area contributed by atoms with Gasteiger partial charge in [0.25, 0.3) is 11.8 Å². The third-order valence-electron chi connectivity index (χ3n) is 6.06. The van der Waals surface area contributed by atoms with E-state index in [4.69, 9.17) is 14.2 Å². The fraction of sp³-hybridized carbons (Fsp3) is 0.391. The lowest BCUT2D eigenvalue weighted by molar-refractivity contribution is 0.0339. The van der Waals surface area contributed by atoms with Gasteiger partial charge in [-0.3, -0.25) is 19.4 Å². The number of carbonyl (C=O) groups is 2. The third-order valence-corrected chi connectivity index (χ3v) is 6.06. The highest BCUT2D eigenvalue weighted by atomic mass is 16.5. The lowest BCUT2D eigenvalue weighted by Crippen LogP contribution is -2.56. The molecule has 2 aliphatic rings. The number of benzene rings is 2. The van der Waals surface area contributed by atoms with E-state index >= 15 is 0 Å². The molecule has 0 bridgehead atoms. The first-order valence-corrected chi connectivity index (χ1v) is 10.3. The van der Waals surface area contributed by atoms with Crippen LogP contribution in [0.1, 0.15) is 27.6 Å². The highest BCUT2D eigenvalue weighted by molar-refractivity contribution is 6.22. The zero-order valence-electron chi connectivity index (χ0n) is 18.3. The monoisotopic (exact) mass is 425 g/mol. The summed E-state index contributed by atoms with van der Waals surface area (Å²) in [4.78, 5) is 31.9. The Morgan fingerprint density at radius 3 is 1.81 bits per heavy atom. The second-order valence-electron chi connectivity index (χ2n) is 7.56. The van der Waals surface area contributed by atoms with Crippen molar-refractivity contribution in [3.63, 3.8) is 0 Å². The van der Waals surface area contributed by atoms with Crippen molar-refractivity contribution in [2.24, 2.45) is 0 Å². The number of carbonyl (C=O) groups excluding carboxylic acids is 2. The summed E-state index contributed by atoms with van der Waals surface area (Å²) in [6.45, 7) is 4.89. The molecule has 1 atom stereocenters. The number of rotatable bonds is 6. The first-order valence-electron chi connectivity index (χ1n) is 10.3. The molecule has 2 amide bonds. The summed E-state index contributed by atoms with van der Waals surface area (Å²) >= 11 is 0. The van der Waals surface area contributed by atoms with E-state index in [0.29, 0.717) is 22.6 Å². The zero-order chi connectivity index (χ0) is 22.1. The number of amides is 2. The third kappa shape index (κ3) is 3.57. The van der Waals surface area contributed by atoms with Crippen LogP contribution < -0.4 is 19.1 Å². The number of anilines is 1. The number of hydrogen-bond acceptors (Lipinski definition) is 7. The van der Waals surface area contributed by atoms with Crippen molar-refractivity contribution in [3.05, 3.63) is 47.5 Å². The van der Waals surface area contributed by atoms with Gasteiger partial charge in [-0.1, -0.05) is 12.1 Å². The van der Waals surface area contributed by atoms with Crippen molar-refractivity contribution in [3.8, 4) is 17.2 Å².